The zero-order chi connectivity index (χ0) is 21.7. The molecule has 6 nitrogen and oxygen atoms in total. The van der Waals surface area contributed by atoms with Crippen molar-refractivity contribution in [3.8, 4) is 29.0 Å². The van der Waals surface area contributed by atoms with E-state index in [4.69, 9.17) is 10.00 Å². The molecule has 0 atom stereocenters. The molecule has 0 saturated carbocycles. The number of halogens is 3. The van der Waals surface area contributed by atoms with Gasteiger partial charge in [-0.15, -0.1) is 0 Å². The lowest BCUT2D eigenvalue weighted by molar-refractivity contribution is -0.137. The van der Waals surface area contributed by atoms with Crippen LogP contribution in [0, 0.1) is 11.3 Å². The smallest absolute Gasteiger partial charge is 0.416 e. The van der Waals surface area contributed by atoms with Crippen LogP contribution in [0.25, 0.3) is 11.3 Å². The number of amides is 1. The molecule has 0 fully saturated rings. The van der Waals surface area contributed by atoms with Crippen molar-refractivity contribution < 1.29 is 22.7 Å². The molecule has 0 aliphatic rings. The number of rotatable bonds is 5. The van der Waals surface area contributed by atoms with Crippen molar-refractivity contribution in [3.05, 3.63) is 71.5 Å². The number of hydrogen-bond donors (Lipinski definition) is 1. The normalized spacial score (nSPS) is 10.9. The SMILES string of the molecule is CCNC(=O)c1ncc(-c2cccc(C(F)(F)F)c2)nc1Oc1ccc(C#N)cc1. The summed E-state index contributed by atoms with van der Waals surface area (Å²) in [6.45, 7) is 2.07. The van der Waals surface area contributed by atoms with Gasteiger partial charge in [-0.1, -0.05) is 12.1 Å². The van der Waals surface area contributed by atoms with Crippen molar-refractivity contribution in [1.82, 2.24) is 15.3 Å². The van der Waals surface area contributed by atoms with E-state index in [9.17, 15) is 18.0 Å². The number of hydrogen-bond acceptors (Lipinski definition) is 5. The third kappa shape index (κ3) is 4.72. The molecule has 0 radical (unpaired) electrons. The fourth-order valence-corrected chi connectivity index (χ4v) is 2.55. The Morgan fingerprint density at radius 1 is 1.20 bits per heavy atom. The molecule has 1 aromatic heterocycles. The quantitative estimate of drug-likeness (QED) is 0.663. The Kier molecular flexibility index (Phi) is 5.97. The number of benzene rings is 2. The van der Waals surface area contributed by atoms with E-state index in [2.05, 4.69) is 15.3 Å². The highest BCUT2D eigenvalue weighted by Crippen LogP contribution is 2.32. The van der Waals surface area contributed by atoms with E-state index in [1.165, 1.54) is 42.6 Å². The van der Waals surface area contributed by atoms with Crippen molar-refractivity contribution in [3.63, 3.8) is 0 Å². The van der Waals surface area contributed by atoms with Gasteiger partial charge in [0.1, 0.15) is 5.75 Å². The second-order valence-corrected chi connectivity index (χ2v) is 6.09. The van der Waals surface area contributed by atoms with Crippen LogP contribution in [0.2, 0.25) is 0 Å². The van der Waals surface area contributed by atoms with Gasteiger partial charge in [0, 0.05) is 12.1 Å². The predicted molar refractivity (Wildman–Crippen MR) is 102 cm³/mol. The minimum absolute atomic E-state index is 0.109. The fraction of sp³-hybridized carbons (Fsp3) is 0.143. The number of nitriles is 1. The number of alkyl halides is 3. The molecular formula is C21H15F3N4O2. The molecule has 3 aromatic rings. The largest absolute Gasteiger partial charge is 0.437 e. The summed E-state index contributed by atoms with van der Waals surface area (Å²) in [6, 6.07) is 12.7. The highest BCUT2D eigenvalue weighted by molar-refractivity contribution is 5.94. The highest BCUT2D eigenvalue weighted by atomic mass is 19.4. The Bertz CT molecular complexity index is 1110. The van der Waals surface area contributed by atoms with Crippen LogP contribution in [0.1, 0.15) is 28.5 Å². The Labute approximate surface area is 170 Å². The third-order valence-electron chi connectivity index (χ3n) is 3.98. The molecule has 0 unspecified atom stereocenters. The standard InChI is InChI=1S/C21H15F3N4O2/c1-2-26-19(29)18-20(30-16-8-6-13(11-25)7-9-16)28-17(12-27-18)14-4-3-5-15(10-14)21(22,23)24/h3-10,12H,2H2,1H3,(H,26,29). The summed E-state index contributed by atoms with van der Waals surface area (Å²) in [6.07, 6.45) is -3.29. The minimum atomic E-state index is -4.51. The molecule has 0 aliphatic carbocycles. The Morgan fingerprint density at radius 3 is 2.57 bits per heavy atom. The summed E-state index contributed by atoms with van der Waals surface area (Å²) >= 11 is 0. The number of nitrogens with zero attached hydrogens (tertiary/aromatic N) is 3. The number of aromatic nitrogens is 2. The second-order valence-electron chi connectivity index (χ2n) is 6.09. The number of carbonyl (C=O) groups is 1. The molecule has 152 valence electrons. The first kappa shape index (κ1) is 20.8. The monoisotopic (exact) mass is 412 g/mol. The molecule has 0 saturated heterocycles. The minimum Gasteiger partial charge on any atom is -0.437 e. The van der Waals surface area contributed by atoms with E-state index in [0.29, 0.717) is 12.1 Å². The van der Waals surface area contributed by atoms with Crippen LogP contribution in [0.5, 0.6) is 11.6 Å². The van der Waals surface area contributed by atoms with Gasteiger partial charge >= 0.3 is 6.18 Å². The maximum Gasteiger partial charge on any atom is 0.416 e. The molecule has 3 rings (SSSR count). The summed E-state index contributed by atoms with van der Waals surface area (Å²) in [5.74, 6) is -0.417. The van der Waals surface area contributed by atoms with Gasteiger partial charge in [-0.2, -0.15) is 18.4 Å². The van der Waals surface area contributed by atoms with Crippen molar-refractivity contribution in [2.45, 2.75) is 13.1 Å². The molecule has 2 aromatic carbocycles. The number of ether oxygens (including phenoxy) is 1. The first-order valence-corrected chi connectivity index (χ1v) is 8.82. The van der Waals surface area contributed by atoms with Crippen molar-refractivity contribution in [2.24, 2.45) is 0 Å². The molecular weight excluding hydrogens is 397 g/mol. The van der Waals surface area contributed by atoms with E-state index in [1.807, 2.05) is 6.07 Å². The van der Waals surface area contributed by atoms with Gasteiger partial charge in [-0.05, 0) is 43.3 Å². The number of carbonyl (C=O) groups excluding carboxylic acids is 1. The lowest BCUT2D eigenvalue weighted by Gasteiger charge is -2.12. The van der Waals surface area contributed by atoms with Gasteiger partial charge in [0.15, 0.2) is 5.69 Å². The van der Waals surface area contributed by atoms with Crippen LogP contribution in [0.4, 0.5) is 13.2 Å². The summed E-state index contributed by atoms with van der Waals surface area (Å²) in [5, 5.41) is 11.5. The van der Waals surface area contributed by atoms with Gasteiger partial charge < -0.3 is 10.1 Å². The average Bonchev–Trinajstić information content (AvgIpc) is 2.74. The van der Waals surface area contributed by atoms with Crippen LogP contribution in [0.15, 0.2) is 54.7 Å². The predicted octanol–water partition coefficient (Wildman–Crippen LogP) is 4.58. The van der Waals surface area contributed by atoms with E-state index in [1.54, 1.807) is 6.92 Å². The topological polar surface area (TPSA) is 87.9 Å². The average molecular weight is 412 g/mol. The summed E-state index contributed by atoms with van der Waals surface area (Å²) < 4.78 is 44.8. The van der Waals surface area contributed by atoms with E-state index in [-0.39, 0.29) is 28.6 Å². The molecule has 9 heteroatoms. The van der Waals surface area contributed by atoms with E-state index < -0.39 is 17.6 Å². The van der Waals surface area contributed by atoms with Crippen LogP contribution in [0.3, 0.4) is 0 Å². The lowest BCUT2D eigenvalue weighted by atomic mass is 10.1. The first-order chi connectivity index (χ1) is 14.3. The first-order valence-electron chi connectivity index (χ1n) is 8.82. The molecule has 1 N–H and O–H groups in total. The van der Waals surface area contributed by atoms with Crippen LogP contribution in [-0.2, 0) is 6.18 Å². The van der Waals surface area contributed by atoms with Gasteiger partial charge in [0.05, 0.1) is 29.1 Å². The second kappa shape index (κ2) is 8.61. The maximum atomic E-state index is 13.0. The number of nitrogens with one attached hydrogen (secondary N) is 1. The zero-order valence-corrected chi connectivity index (χ0v) is 15.7. The summed E-state index contributed by atoms with van der Waals surface area (Å²) in [5.41, 5.74) is -0.251. The molecule has 30 heavy (non-hydrogen) atoms. The zero-order valence-electron chi connectivity index (χ0n) is 15.7. The maximum absolute atomic E-state index is 13.0. The highest BCUT2D eigenvalue weighted by Gasteiger charge is 2.30. The van der Waals surface area contributed by atoms with Crippen molar-refractivity contribution in [1.29, 1.82) is 5.26 Å². The fourth-order valence-electron chi connectivity index (χ4n) is 2.55. The van der Waals surface area contributed by atoms with Crippen molar-refractivity contribution >= 4 is 5.91 Å². The summed E-state index contributed by atoms with van der Waals surface area (Å²) in [7, 11) is 0. The Morgan fingerprint density at radius 2 is 1.93 bits per heavy atom. The van der Waals surface area contributed by atoms with Crippen LogP contribution < -0.4 is 10.1 Å². The van der Waals surface area contributed by atoms with E-state index in [0.717, 1.165) is 12.1 Å². The lowest BCUT2D eigenvalue weighted by Crippen LogP contribution is -2.24. The summed E-state index contributed by atoms with van der Waals surface area (Å²) in [4.78, 5) is 20.6. The van der Waals surface area contributed by atoms with E-state index >= 15 is 0 Å². The van der Waals surface area contributed by atoms with Crippen LogP contribution in [-0.4, -0.2) is 22.4 Å². The van der Waals surface area contributed by atoms with Gasteiger partial charge in [-0.3, -0.25) is 4.79 Å². The molecule has 0 bridgehead atoms. The van der Waals surface area contributed by atoms with Gasteiger partial charge in [-0.25, -0.2) is 9.97 Å². The van der Waals surface area contributed by atoms with Gasteiger partial charge in [0.25, 0.3) is 11.8 Å². The Hall–Kier alpha value is -3.93. The molecule has 0 spiro atoms. The molecule has 1 heterocycles. The van der Waals surface area contributed by atoms with Gasteiger partial charge in [0.2, 0.25) is 0 Å². The molecule has 1 amide bonds. The third-order valence-corrected chi connectivity index (χ3v) is 3.98. The van der Waals surface area contributed by atoms with Crippen molar-refractivity contribution in [2.75, 3.05) is 6.54 Å². The van der Waals surface area contributed by atoms with Crippen LogP contribution >= 0.6 is 0 Å². The Balaban J connectivity index is 2.04. The molecule has 0 aliphatic heterocycles.